The number of benzene rings is 1. The summed E-state index contributed by atoms with van der Waals surface area (Å²) in [6, 6.07) is 7.61. The Labute approximate surface area is 180 Å². The van der Waals surface area contributed by atoms with E-state index in [9.17, 15) is 9.59 Å². The fourth-order valence-electron chi connectivity index (χ4n) is 3.13. The molecule has 0 saturated carbocycles. The number of thioether (sulfide) groups is 1. The number of nitrogens with zero attached hydrogens (tertiary/aromatic N) is 3. The van der Waals surface area contributed by atoms with Crippen LogP contribution in [-0.4, -0.2) is 61.5 Å². The van der Waals surface area contributed by atoms with E-state index < -0.39 is 11.9 Å². The zero-order valence-corrected chi connectivity index (χ0v) is 17.8. The number of hydrogen-bond acceptors (Lipinski definition) is 8. The normalized spacial score (nSPS) is 20.1. The van der Waals surface area contributed by atoms with Crippen molar-refractivity contribution in [3.8, 4) is 5.75 Å². The molecule has 0 aromatic heterocycles. The fraction of sp³-hybridized carbons (Fsp3) is 0.429. The Morgan fingerprint density at radius 2 is 2.13 bits per heavy atom. The summed E-state index contributed by atoms with van der Waals surface area (Å²) < 4.78 is 10.4. The molecule has 3 rings (SSSR count). The number of likely N-dealkylation sites (tertiary alicyclic amines) is 1. The molecule has 30 heavy (non-hydrogen) atoms. The summed E-state index contributed by atoms with van der Waals surface area (Å²) in [6.07, 6.45) is 7.67. The van der Waals surface area contributed by atoms with Crippen LogP contribution in [0.4, 0.5) is 0 Å². The smallest absolute Gasteiger partial charge is 0.331 e. The van der Waals surface area contributed by atoms with Crippen LogP contribution in [0.15, 0.2) is 45.4 Å². The van der Waals surface area contributed by atoms with Gasteiger partial charge >= 0.3 is 5.97 Å². The molecule has 9 heteroatoms. The fourth-order valence-corrected chi connectivity index (χ4v) is 3.87. The molecule has 2 fully saturated rings. The van der Waals surface area contributed by atoms with Crippen LogP contribution in [0.5, 0.6) is 5.75 Å². The molecule has 2 heterocycles. The molecule has 1 N–H and O–H groups in total. The van der Waals surface area contributed by atoms with Gasteiger partial charge in [-0.3, -0.25) is 10.1 Å². The average molecular weight is 431 g/mol. The van der Waals surface area contributed by atoms with Gasteiger partial charge in [0.2, 0.25) is 0 Å². The lowest BCUT2D eigenvalue weighted by Gasteiger charge is -2.26. The molecule has 2 aliphatic heterocycles. The van der Waals surface area contributed by atoms with Gasteiger partial charge in [0.15, 0.2) is 5.17 Å². The van der Waals surface area contributed by atoms with Crippen LogP contribution in [0.3, 0.4) is 0 Å². The first-order valence-electron chi connectivity index (χ1n) is 9.99. The second-order valence-corrected chi connectivity index (χ2v) is 7.95. The van der Waals surface area contributed by atoms with Gasteiger partial charge in [-0.25, -0.2) is 4.79 Å². The van der Waals surface area contributed by atoms with E-state index in [4.69, 9.17) is 4.74 Å². The average Bonchev–Trinajstić information content (AvgIpc) is 3.11. The van der Waals surface area contributed by atoms with Gasteiger partial charge in [-0.2, -0.15) is 5.10 Å². The maximum Gasteiger partial charge on any atom is 0.331 e. The predicted octanol–water partition coefficient (Wildman–Crippen LogP) is 2.55. The Morgan fingerprint density at radius 3 is 2.93 bits per heavy atom. The van der Waals surface area contributed by atoms with E-state index in [-0.39, 0.29) is 4.91 Å². The van der Waals surface area contributed by atoms with Gasteiger partial charge in [0.1, 0.15) is 5.75 Å². The highest BCUT2D eigenvalue weighted by Crippen LogP contribution is 2.23. The highest BCUT2D eigenvalue weighted by molar-refractivity contribution is 8.18. The molecule has 0 radical (unpaired) electrons. The molecule has 1 amide bonds. The predicted molar refractivity (Wildman–Crippen MR) is 118 cm³/mol. The number of amidine groups is 1. The van der Waals surface area contributed by atoms with Gasteiger partial charge in [0, 0.05) is 12.6 Å². The number of esters is 1. The third-order valence-electron chi connectivity index (χ3n) is 4.65. The molecule has 0 unspecified atom stereocenters. The molecule has 160 valence electrons. The van der Waals surface area contributed by atoms with Crippen LogP contribution in [0, 0.1) is 0 Å². The Balaban J connectivity index is 1.47. The molecule has 2 aliphatic rings. The van der Waals surface area contributed by atoms with Crippen LogP contribution in [0.1, 0.15) is 31.2 Å². The van der Waals surface area contributed by atoms with Gasteiger partial charge in [-0.15, -0.1) is 5.10 Å². The molecule has 2 saturated heterocycles. The SMILES string of the molecule is COC(=O)/C=C1/S/C(=N\N=Cc2cccc(OCCCN3CCCCC3)c2)NC1=O. The molecule has 8 nitrogen and oxygen atoms in total. The minimum absolute atomic E-state index is 0.218. The lowest BCUT2D eigenvalue weighted by Crippen LogP contribution is -2.31. The maximum absolute atomic E-state index is 11.8. The number of amides is 1. The summed E-state index contributed by atoms with van der Waals surface area (Å²) in [7, 11) is 1.25. The van der Waals surface area contributed by atoms with E-state index in [1.54, 1.807) is 6.21 Å². The number of piperidine rings is 1. The molecular formula is C21H26N4O4S. The van der Waals surface area contributed by atoms with Crippen molar-refractivity contribution in [2.45, 2.75) is 25.7 Å². The standard InChI is InChI=1S/C21H26N4O4S/c1-28-19(26)14-18-20(27)23-21(30-18)24-22-15-16-7-5-8-17(13-16)29-12-6-11-25-9-3-2-4-10-25/h5,7-8,13-15H,2-4,6,9-12H2,1H3,(H,23,24,27)/b18-14+,22-15?. The molecular weight excluding hydrogens is 404 g/mol. The van der Waals surface area contributed by atoms with E-state index >= 15 is 0 Å². The van der Waals surface area contributed by atoms with Gasteiger partial charge in [0.05, 0.1) is 24.8 Å². The largest absolute Gasteiger partial charge is 0.494 e. The molecule has 0 aliphatic carbocycles. The van der Waals surface area contributed by atoms with Crippen molar-refractivity contribution in [3.63, 3.8) is 0 Å². The van der Waals surface area contributed by atoms with E-state index in [1.165, 1.54) is 39.5 Å². The van der Waals surface area contributed by atoms with E-state index in [0.29, 0.717) is 11.8 Å². The third-order valence-corrected chi connectivity index (χ3v) is 5.55. The molecule has 0 atom stereocenters. The first-order chi connectivity index (χ1) is 14.6. The summed E-state index contributed by atoms with van der Waals surface area (Å²) in [5.41, 5.74) is 0.840. The number of hydrogen-bond donors (Lipinski definition) is 1. The van der Waals surface area contributed by atoms with Gasteiger partial charge < -0.3 is 14.4 Å². The maximum atomic E-state index is 11.8. The Morgan fingerprint density at radius 1 is 1.30 bits per heavy atom. The molecule has 1 aromatic rings. The van der Waals surface area contributed by atoms with E-state index in [0.717, 1.165) is 42.1 Å². The van der Waals surface area contributed by atoms with Crippen molar-refractivity contribution in [1.29, 1.82) is 0 Å². The monoisotopic (exact) mass is 430 g/mol. The van der Waals surface area contributed by atoms with Crippen molar-refractivity contribution in [2.24, 2.45) is 10.2 Å². The highest BCUT2D eigenvalue weighted by Gasteiger charge is 2.25. The van der Waals surface area contributed by atoms with Crippen molar-refractivity contribution >= 4 is 35.0 Å². The van der Waals surface area contributed by atoms with Crippen LogP contribution in [-0.2, 0) is 14.3 Å². The zero-order chi connectivity index (χ0) is 21.2. The Kier molecular flexibility index (Phi) is 8.46. The summed E-state index contributed by atoms with van der Waals surface area (Å²) >= 11 is 1.03. The highest BCUT2D eigenvalue weighted by atomic mass is 32.2. The topological polar surface area (TPSA) is 92.6 Å². The summed E-state index contributed by atoms with van der Waals surface area (Å²) in [5.74, 6) is -0.207. The second-order valence-electron chi connectivity index (χ2n) is 6.91. The lowest BCUT2D eigenvalue weighted by molar-refractivity contribution is -0.135. The first-order valence-corrected chi connectivity index (χ1v) is 10.8. The van der Waals surface area contributed by atoms with Crippen molar-refractivity contribution in [1.82, 2.24) is 10.2 Å². The minimum Gasteiger partial charge on any atom is -0.494 e. The van der Waals surface area contributed by atoms with Crippen LogP contribution in [0.25, 0.3) is 0 Å². The lowest BCUT2D eigenvalue weighted by atomic mass is 10.1. The zero-order valence-electron chi connectivity index (χ0n) is 17.0. The second kappa shape index (κ2) is 11.5. The van der Waals surface area contributed by atoms with Crippen LogP contribution in [0.2, 0.25) is 0 Å². The molecule has 1 aromatic carbocycles. The molecule has 0 bridgehead atoms. The van der Waals surface area contributed by atoms with Crippen molar-refractivity contribution < 1.29 is 19.1 Å². The Bertz CT molecular complexity index is 847. The van der Waals surface area contributed by atoms with Gasteiger partial charge in [-0.1, -0.05) is 18.6 Å². The van der Waals surface area contributed by atoms with Gasteiger partial charge in [0.25, 0.3) is 5.91 Å². The quantitative estimate of drug-likeness (QED) is 0.224. The Hall–Kier alpha value is -2.65. The van der Waals surface area contributed by atoms with Crippen molar-refractivity contribution in [2.75, 3.05) is 33.4 Å². The number of carbonyl (C=O) groups is 2. The third kappa shape index (κ3) is 7.00. The van der Waals surface area contributed by atoms with Crippen molar-refractivity contribution in [3.05, 3.63) is 40.8 Å². The first kappa shape index (κ1) is 22.0. The number of ether oxygens (including phenoxy) is 2. The van der Waals surface area contributed by atoms with E-state index in [1.807, 2.05) is 24.3 Å². The molecule has 0 spiro atoms. The summed E-state index contributed by atoms with van der Waals surface area (Å²) in [5, 5.41) is 10.8. The van der Waals surface area contributed by atoms with E-state index in [2.05, 4.69) is 25.2 Å². The van der Waals surface area contributed by atoms with Gasteiger partial charge in [-0.05, 0) is 61.8 Å². The number of nitrogens with one attached hydrogen (secondary N) is 1. The van der Waals surface area contributed by atoms with Crippen LogP contribution < -0.4 is 10.1 Å². The summed E-state index contributed by atoms with van der Waals surface area (Å²) in [4.78, 5) is 25.7. The summed E-state index contributed by atoms with van der Waals surface area (Å²) in [6.45, 7) is 4.16. The minimum atomic E-state index is -0.592. The number of methoxy groups -OCH3 is 1. The number of rotatable bonds is 8. The number of carbonyl (C=O) groups excluding carboxylic acids is 2. The van der Waals surface area contributed by atoms with Crippen LogP contribution >= 0.6 is 11.8 Å².